The first-order chi connectivity index (χ1) is 11.5. The molecule has 0 aliphatic carbocycles. The Hall–Kier alpha value is -1.13. The van der Waals surface area contributed by atoms with Gasteiger partial charge >= 0.3 is 5.97 Å². The lowest BCUT2D eigenvalue weighted by Crippen LogP contribution is -2.43. The molecule has 0 bridgehead atoms. The highest BCUT2D eigenvalue weighted by Gasteiger charge is 2.28. The van der Waals surface area contributed by atoms with Crippen LogP contribution >= 0.6 is 0 Å². The lowest BCUT2D eigenvalue weighted by molar-refractivity contribution is 0.00707. The fourth-order valence-electron chi connectivity index (χ4n) is 2.93. The molecule has 0 saturated heterocycles. The van der Waals surface area contributed by atoms with Gasteiger partial charge in [-0.3, -0.25) is 0 Å². The number of hydrogen-bond donors (Lipinski definition) is 1. The number of aliphatic hydroxyl groups is 1. The highest BCUT2D eigenvalue weighted by Crippen LogP contribution is 2.20. The number of carbonyl (C=O) groups is 1. The number of benzene rings is 1. The van der Waals surface area contributed by atoms with Gasteiger partial charge < -0.3 is 9.84 Å². The third-order valence-corrected chi connectivity index (χ3v) is 6.27. The van der Waals surface area contributed by atoms with Gasteiger partial charge in [0.2, 0.25) is 0 Å². The molecule has 1 aromatic rings. The van der Waals surface area contributed by atoms with Crippen LogP contribution in [0.15, 0.2) is 12.1 Å². The normalized spacial score (nSPS) is 12.3. The Labute approximate surface area is 154 Å². The van der Waals surface area contributed by atoms with Crippen LogP contribution in [0.3, 0.4) is 0 Å². The predicted molar refractivity (Wildman–Crippen MR) is 108 cm³/mol. The van der Waals surface area contributed by atoms with E-state index >= 15 is 0 Å². The lowest BCUT2D eigenvalue weighted by Gasteiger charge is -2.26. The average Bonchev–Trinajstić information content (AvgIpc) is 2.48. The van der Waals surface area contributed by atoms with Crippen LogP contribution in [0.4, 0.5) is 0 Å². The number of aliphatic hydroxyl groups excluding tert-OH is 1. The monoisotopic (exact) mass is 364 g/mol. The molecular formula is C21H36O3Si. The SMILES string of the molecule is CCCCCCc1cc(C(=O)OC(C)(C)C)c([Si](C)(C)C)cc1CO. The second-order valence-corrected chi connectivity index (χ2v) is 13.9. The molecule has 3 nitrogen and oxygen atoms in total. The first-order valence-electron chi connectivity index (χ1n) is 9.50. The maximum Gasteiger partial charge on any atom is 0.338 e. The van der Waals surface area contributed by atoms with E-state index in [0.717, 1.165) is 29.2 Å². The van der Waals surface area contributed by atoms with Crippen LogP contribution in [-0.4, -0.2) is 24.8 Å². The molecule has 0 atom stereocenters. The van der Waals surface area contributed by atoms with Gasteiger partial charge in [0, 0.05) is 0 Å². The van der Waals surface area contributed by atoms with Crippen LogP contribution < -0.4 is 5.19 Å². The summed E-state index contributed by atoms with van der Waals surface area (Å²) in [6.07, 6.45) is 5.59. The predicted octanol–water partition coefficient (Wildman–Crippen LogP) is 4.80. The molecule has 142 valence electrons. The van der Waals surface area contributed by atoms with Crippen molar-refractivity contribution in [2.75, 3.05) is 0 Å². The Balaban J connectivity index is 3.27. The maximum absolute atomic E-state index is 12.8. The van der Waals surface area contributed by atoms with Crippen LogP contribution in [0.1, 0.15) is 74.9 Å². The fraction of sp³-hybridized carbons (Fsp3) is 0.667. The number of carbonyl (C=O) groups excluding carboxylic acids is 1. The fourth-order valence-corrected chi connectivity index (χ4v) is 4.52. The van der Waals surface area contributed by atoms with Gasteiger partial charge in [0.05, 0.1) is 20.2 Å². The van der Waals surface area contributed by atoms with Crippen molar-refractivity contribution in [1.29, 1.82) is 0 Å². The van der Waals surface area contributed by atoms with E-state index in [-0.39, 0.29) is 12.6 Å². The number of unbranched alkanes of at least 4 members (excludes halogenated alkanes) is 3. The number of ether oxygens (including phenoxy) is 1. The summed E-state index contributed by atoms with van der Waals surface area (Å²) in [5, 5.41) is 10.9. The van der Waals surface area contributed by atoms with Crippen LogP contribution in [0.5, 0.6) is 0 Å². The summed E-state index contributed by atoms with van der Waals surface area (Å²) in [6, 6.07) is 4.04. The van der Waals surface area contributed by atoms with Gasteiger partial charge in [0.1, 0.15) is 5.60 Å². The second kappa shape index (κ2) is 8.99. The summed E-state index contributed by atoms with van der Waals surface area (Å²) in [6.45, 7) is 14.6. The van der Waals surface area contributed by atoms with Crippen molar-refractivity contribution in [2.45, 2.75) is 91.6 Å². The quantitative estimate of drug-likeness (QED) is 0.409. The number of rotatable bonds is 8. The summed E-state index contributed by atoms with van der Waals surface area (Å²) >= 11 is 0. The summed E-state index contributed by atoms with van der Waals surface area (Å²) < 4.78 is 5.65. The van der Waals surface area contributed by atoms with E-state index in [9.17, 15) is 9.90 Å². The van der Waals surface area contributed by atoms with Crippen molar-refractivity contribution in [2.24, 2.45) is 0 Å². The van der Waals surface area contributed by atoms with Gasteiger partial charge in [-0.2, -0.15) is 0 Å². The van der Waals surface area contributed by atoms with E-state index in [2.05, 4.69) is 32.6 Å². The van der Waals surface area contributed by atoms with Gasteiger partial charge in [0.25, 0.3) is 0 Å². The van der Waals surface area contributed by atoms with E-state index in [1.54, 1.807) is 0 Å². The van der Waals surface area contributed by atoms with Crippen LogP contribution in [0.2, 0.25) is 19.6 Å². The van der Waals surface area contributed by atoms with Crippen molar-refractivity contribution in [1.82, 2.24) is 0 Å². The van der Waals surface area contributed by atoms with Gasteiger partial charge in [-0.15, -0.1) is 0 Å². The Kier molecular flexibility index (Phi) is 7.88. The standard InChI is InChI=1S/C21H36O3Si/c1-8-9-10-11-12-16-13-18(20(23)24-21(2,3)4)19(25(5,6)7)14-17(16)15-22/h13-14,22H,8-12,15H2,1-7H3. The van der Waals surface area contributed by atoms with E-state index in [4.69, 9.17) is 4.74 Å². The molecule has 0 aliphatic rings. The topological polar surface area (TPSA) is 46.5 Å². The molecule has 0 spiro atoms. The molecule has 0 aliphatic heterocycles. The van der Waals surface area contributed by atoms with Crippen LogP contribution in [-0.2, 0) is 17.8 Å². The number of aryl methyl sites for hydroxylation is 1. The molecule has 1 aromatic carbocycles. The van der Waals surface area contributed by atoms with Crippen LogP contribution in [0, 0.1) is 0 Å². The average molecular weight is 365 g/mol. The molecule has 1 rings (SSSR count). The Morgan fingerprint density at radius 2 is 1.72 bits per heavy atom. The molecular weight excluding hydrogens is 328 g/mol. The van der Waals surface area contributed by atoms with Crippen molar-refractivity contribution < 1.29 is 14.6 Å². The molecule has 4 heteroatoms. The summed E-state index contributed by atoms with van der Waals surface area (Å²) in [7, 11) is -1.74. The Morgan fingerprint density at radius 3 is 2.20 bits per heavy atom. The minimum absolute atomic E-state index is 0.0230. The molecule has 0 aromatic heterocycles. The minimum atomic E-state index is -1.74. The third kappa shape index (κ3) is 6.94. The zero-order valence-corrected chi connectivity index (χ0v) is 18.2. The molecule has 0 amide bonds. The first-order valence-corrected chi connectivity index (χ1v) is 13.0. The van der Waals surface area contributed by atoms with E-state index in [0.29, 0.717) is 5.56 Å². The Bertz CT molecular complexity index is 580. The van der Waals surface area contributed by atoms with Crippen LogP contribution in [0.25, 0.3) is 0 Å². The molecule has 0 heterocycles. The van der Waals surface area contributed by atoms with Crippen molar-refractivity contribution in [3.8, 4) is 0 Å². The Morgan fingerprint density at radius 1 is 1.08 bits per heavy atom. The zero-order valence-electron chi connectivity index (χ0n) is 17.2. The van der Waals surface area contributed by atoms with Gasteiger partial charge in [0.15, 0.2) is 0 Å². The largest absolute Gasteiger partial charge is 0.456 e. The smallest absolute Gasteiger partial charge is 0.338 e. The highest BCUT2D eigenvalue weighted by molar-refractivity contribution is 6.89. The zero-order chi connectivity index (χ0) is 19.3. The van der Waals surface area contributed by atoms with Crippen molar-refractivity contribution in [3.05, 3.63) is 28.8 Å². The van der Waals surface area contributed by atoms with Crippen molar-refractivity contribution >= 4 is 19.2 Å². The molecule has 25 heavy (non-hydrogen) atoms. The summed E-state index contributed by atoms with van der Waals surface area (Å²) in [4.78, 5) is 12.8. The second-order valence-electron chi connectivity index (χ2n) is 8.89. The third-order valence-electron chi connectivity index (χ3n) is 4.24. The van der Waals surface area contributed by atoms with E-state index in [1.807, 2.05) is 26.8 Å². The van der Waals surface area contributed by atoms with E-state index in [1.165, 1.54) is 19.3 Å². The molecule has 1 N–H and O–H groups in total. The summed E-state index contributed by atoms with van der Waals surface area (Å²) in [5.74, 6) is -0.246. The van der Waals surface area contributed by atoms with Gasteiger partial charge in [-0.05, 0) is 56.0 Å². The van der Waals surface area contributed by atoms with Gasteiger partial charge in [-0.1, -0.05) is 51.9 Å². The van der Waals surface area contributed by atoms with Gasteiger partial charge in [-0.25, -0.2) is 4.79 Å². The maximum atomic E-state index is 12.8. The van der Waals surface area contributed by atoms with E-state index < -0.39 is 13.7 Å². The minimum Gasteiger partial charge on any atom is -0.456 e. The molecule has 0 fully saturated rings. The number of hydrogen-bond acceptors (Lipinski definition) is 3. The number of esters is 1. The summed E-state index contributed by atoms with van der Waals surface area (Å²) in [5.41, 5.74) is 2.23. The molecule has 0 radical (unpaired) electrons. The molecule has 0 saturated carbocycles. The first kappa shape index (κ1) is 21.9. The highest BCUT2D eigenvalue weighted by atomic mass is 28.3. The van der Waals surface area contributed by atoms with Crippen molar-refractivity contribution in [3.63, 3.8) is 0 Å². The lowest BCUT2D eigenvalue weighted by atomic mass is 9.98. The molecule has 0 unspecified atom stereocenters.